The van der Waals surface area contributed by atoms with Gasteiger partial charge in [0.25, 0.3) is 0 Å². The minimum absolute atomic E-state index is 0.548. The second kappa shape index (κ2) is 39.7. The lowest BCUT2D eigenvalue weighted by Crippen LogP contribution is -2.19. The third-order valence-electron chi connectivity index (χ3n) is 6.93. The molecule has 0 aliphatic rings. The van der Waals surface area contributed by atoms with Crippen LogP contribution in [-0.2, 0) is 37.9 Å². The summed E-state index contributed by atoms with van der Waals surface area (Å²) in [5, 5.41) is 0. The Bertz CT molecular complexity index is 487. The number of hydrogen-bond donors (Lipinski definition) is 0. The molecule has 0 aromatic carbocycles. The number of hydrogen-bond acceptors (Lipinski definition) is 9. The Labute approximate surface area is 265 Å². The van der Waals surface area contributed by atoms with Gasteiger partial charge in [0.2, 0.25) is 0 Å². The molecule has 0 aliphatic carbocycles. The summed E-state index contributed by atoms with van der Waals surface area (Å²) < 4.78 is 44.2. The van der Waals surface area contributed by atoms with Crippen LogP contribution in [0, 0.1) is 0 Å². The molecule has 0 spiro atoms. The van der Waals surface area contributed by atoms with Crippen LogP contribution in [0.1, 0.15) is 96.8 Å². The van der Waals surface area contributed by atoms with E-state index in [-0.39, 0.29) is 0 Å². The van der Waals surface area contributed by atoms with Gasteiger partial charge in [0.15, 0.2) is 0 Å². The highest BCUT2D eigenvalue weighted by atomic mass is 16.6. The molecule has 0 aromatic rings. The Hall–Kier alpha value is -0.360. The highest BCUT2D eigenvalue weighted by Gasteiger charge is 1.97. The van der Waals surface area contributed by atoms with Gasteiger partial charge in [-0.2, -0.15) is 0 Å². The Morgan fingerprint density at radius 3 is 0.791 bits per heavy atom. The van der Waals surface area contributed by atoms with E-state index in [1.165, 1.54) is 83.5 Å². The van der Waals surface area contributed by atoms with Crippen molar-refractivity contribution in [1.29, 1.82) is 0 Å². The highest BCUT2D eigenvalue weighted by Crippen LogP contribution is 2.12. The lowest BCUT2D eigenvalue weighted by Gasteiger charge is -2.10. The van der Waals surface area contributed by atoms with Crippen LogP contribution in [0.25, 0.3) is 0 Å². The zero-order valence-electron chi connectivity index (χ0n) is 28.6. The molecule has 0 amide bonds. The van der Waals surface area contributed by atoms with Crippen molar-refractivity contribution in [1.82, 2.24) is 4.90 Å². The van der Waals surface area contributed by atoms with Crippen molar-refractivity contribution in [2.45, 2.75) is 96.8 Å². The van der Waals surface area contributed by atoms with Gasteiger partial charge < -0.3 is 42.8 Å². The first-order valence-corrected chi connectivity index (χ1v) is 17.5. The van der Waals surface area contributed by atoms with Crippen molar-refractivity contribution in [3.8, 4) is 0 Å². The average molecular weight is 622 g/mol. The van der Waals surface area contributed by atoms with Crippen molar-refractivity contribution in [3.05, 3.63) is 0 Å². The van der Waals surface area contributed by atoms with E-state index in [4.69, 9.17) is 37.9 Å². The summed E-state index contributed by atoms with van der Waals surface area (Å²) >= 11 is 0. The van der Waals surface area contributed by atoms with Crippen LogP contribution in [0.4, 0.5) is 0 Å². The minimum atomic E-state index is 0.548. The van der Waals surface area contributed by atoms with Gasteiger partial charge in [-0.25, -0.2) is 0 Å². The number of unbranched alkanes of at least 4 members (excludes halogenated alkanes) is 13. The summed E-state index contributed by atoms with van der Waals surface area (Å²) in [7, 11) is 4.06. The summed E-state index contributed by atoms with van der Waals surface area (Å²) in [6, 6.07) is 0. The van der Waals surface area contributed by atoms with Crippen LogP contribution in [0.15, 0.2) is 0 Å². The maximum atomic E-state index is 5.67. The molecule has 0 rings (SSSR count). The largest absolute Gasteiger partial charge is 0.379 e. The summed E-state index contributed by atoms with van der Waals surface area (Å²) in [5.41, 5.74) is 0. The topological polar surface area (TPSA) is 77.1 Å². The molecule has 9 nitrogen and oxygen atoms in total. The van der Waals surface area contributed by atoms with E-state index >= 15 is 0 Å². The molecule has 0 aromatic heterocycles. The summed E-state index contributed by atoms with van der Waals surface area (Å²) in [4.78, 5) is 2.09. The van der Waals surface area contributed by atoms with Gasteiger partial charge in [0.05, 0.1) is 99.1 Å². The van der Waals surface area contributed by atoms with Crippen molar-refractivity contribution in [2.24, 2.45) is 0 Å². The molecule has 0 saturated heterocycles. The Balaban J connectivity index is 3.03. The van der Waals surface area contributed by atoms with Gasteiger partial charge in [-0.3, -0.25) is 0 Å². The van der Waals surface area contributed by atoms with Crippen LogP contribution >= 0.6 is 0 Å². The maximum absolute atomic E-state index is 5.67. The van der Waals surface area contributed by atoms with Crippen molar-refractivity contribution >= 4 is 0 Å². The van der Waals surface area contributed by atoms with E-state index in [0.29, 0.717) is 92.5 Å². The molecule has 0 aliphatic heterocycles. The van der Waals surface area contributed by atoms with E-state index in [9.17, 15) is 0 Å². The molecule has 0 N–H and O–H groups in total. The second-order valence-corrected chi connectivity index (χ2v) is 11.3. The van der Waals surface area contributed by atoms with Crippen LogP contribution in [0.2, 0.25) is 0 Å². The second-order valence-electron chi connectivity index (χ2n) is 11.3. The molecule has 0 fully saturated rings. The maximum Gasteiger partial charge on any atom is 0.0701 e. The zero-order chi connectivity index (χ0) is 31.2. The number of nitrogens with zero attached hydrogens (tertiary/aromatic N) is 1. The molecule has 0 bridgehead atoms. The van der Waals surface area contributed by atoms with E-state index in [1.807, 2.05) is 14.1 Å². The summed E-state index contributed by atoms with van der Waals surface area (Å²) in [5.74, 6) is 0. The van der Waals surface area contributed by atoms with Crippen molar-refractivity contribution < 1.29 is 37.9 Å². The fourth-order valence-corrected chi connectivity index (χ4v) is 4.29. The molecular weight excluding hydrogens is 550 g/mol. The Morgan fingerprint density at radius 1 is 0.279 bits per heavy atom. The highest BCUT2D eigenvalue weighted by molar-refractivity contribution is 4.49. The molecule has 43 heavy (non-hydrogen) atoms. The van der Waals surface area contributed by atoms with Gasteiger partial charge in [-0.1, -0.05) is 90.4 Å². The minimum Gasteiger partial charge on any atom is -0.379 e. The summed E-state index contributed by atoms with van der Waals surface area (Å²) in [6.45, 7) is 12.9. The van der Waals surface area contributed by atoms with Crippen LogP contribution in [0.5, 0.6) is 0 Å². The molecule has 0 heterocycles. The molecule has 260 valence electrons. The lowest BCUT2D eigenvalue weighted by molar-refractivity contribution is -0.0233. The lowest BCUT2D eigenvalue weighted by atomic mass is 10.0. The van der Waals surface area contributed by atoms with Crippen LogP contribution < -0.4 is 0 Å². The van der Waals surface area contributed by atoms with Crippen molar-refractivity contribution in [2.75, 3.05) is 126 Å². The zero-order valence-corrected chi connectivity index (χ0v) is 28.6. The fraction of sp³-hybridized carbons (Fsp3) is 1.00. The Morgan fingerprint density at radius 2 is 0.512 bits per heavy atom. The molecule has 9 heteroatoms. The molecule has 0 atom stereocenters. The first-order chi connectivity index (χ1) is 21.3. The van der Waals surface area contributed by atoms with E-state index in [2.05, 4.69) is 11.8 Å². The molecule has 0 saturated carbocycles. The van der Waals surface area contributed by atoms with E-state index < -0.39 is 0 Å². The van der Waals surface area contributed by atoms with Crippen molar-refractivity contribution in [3.63, 3.8) is 0 Å². The van der Waals surface area contributed by atoms with Crippen LogP contribution in [0.3, 0.4) is 0 Å². The number of ether oxygens (including phenoxy) is 8. The number of rotatable bonds is 39. The summed E-state index contributed by atoms with van der Waals surface area (Å²) in [6.07, 6.45) is 19.3. The van der Waals surface area contributed by atoms with Gasteiger partial charge in [0.1, 0.15) is 0 Å². The standard InChI is InChI=1S/C34H71NO8/c1-4-5-6-7-8-9-10-11-12-13-14-15-16-17-19-36-21-23-38-25-27-40-29-31-42-33-34-43-32-30-41-28-26-39-24-22-37-20-18-35(2)3/h4-34H2,1-3H3. The third-order valence-corrected chi connectivity index (χ3v) is 6.93. The molecular formula is C34H71NO8. The number of likely N-dealkylation sites (N-methyl/N-ethyl adjacent to an activating group) is 1. The monoisotopic (exact) mass is 622 g/mol. The Kier molecular flexibility index (Phi) is 39.3. The van der Waals surface area contributed by atoms with Crippen LogP contribution in [-0.4, -0.2) is 131 Å². The third kappa shape index (κ3) is 41.6. The first kappa shape index (κ1) is 42.6. The molecule has 0 radical (unpaired) electrons. The van der Waals surface area contributed by atoms with E-state index in [1.54, 1.807) is 0 Å². The van der Waals surface area contributed by atoms with Gasteiger partial charge in [-0.15, -0.1) is 0 Å². The van der Waals surface area contributed by atoms with Gasteiger partial charge >= 0.3 is 0 Å². The first-order valence-electron chi connectivity index (χ1n) is 17.5. The predicted molar refractivity (Wildman–Crippen MR) is 175 cm³/mol. The van der Waals surface area contributed by atoms with E-state index in [0.717, 1.165) is 26.2 Å². The fourth-order valence-electron chi connectivity index (χ4n) is 4.29. The predicted octanol–water partition coefficient (Wildman–Crippen LogP) is 6.16. The smallest absolute Gasteiger partial charge is 0.0701 e. The quantitative estimate of drug-likeness (QED) is 0.0750. The SMILES string of the molecule is CCCCCCCCCCCCCCCCOCCOCCOCCOCCOCCOCCOCCOCCN(C)C. The van der Waals surface area contributed by atoms with Gasteiger partial charge in [0, 0.05) is 13.2 Å². The van der Waals surface area contributed by atoms with Gasteiger partial charge in [-0.05, 0) is 20.5 Å². The average Bonchev–Trinajstić information content (AvgIpc) is 3.00. The molecule has 0 unspecified atom stereocenters. The normalized spacial score (nSPS) is 11.7.